The molecular weight excluding hydrogens is 216 g/mol. The van der Waals surface area contributed by atoms with Crippen molar-refractivity contribution in [2.45, 2.75) is 13.8 Å². The molecule has 0 aliphatic rings. The zero-order chi connectivity index (χ0) is 12.0. The SMILES string of the molecule is Cc1noc(C)c1-n1ncc2c(N)cccc21. The number of nitrogen functional groups attached to an aromatic ring is 1. The minimum atomic E-state index is 0.723. The van der Waals surface area contributed by atoms with Gasteiger partial charge in [0.2, 0.25) is 0 Å². The second-order valence-electron chi connectivity index (χ2n) is 4.01. The molecule has 0 atom stereocenters. The van der Waals surface area contributed by atoms with E-state index in [0.717, 1.165) is 33.7 Å². The Bertz CT molecular complexity index is 676. The maximum atomic E-state index is 5.91. The minimum absolute atomic E-state index is 0.723. The molecule has 5 heteroatoms. The van der Waals surface area contributed by atoms with Crippen molar-refractivity contribution in [3.63, 3.8) is 0 Å². The maximum Gasteiger partial charge on any atom is 0.159 e. The number of anilines is 1. The summed E-state index contributed by atoms with van der Waals surface area (Å²) in [5, 5.41) is 9.23. The molecule has 0 aliphatic carbocycles. The van der Waals surface area contributed by atoms with Crippen molar-refractivity contribution in [3.05, 3.63) is 35.9 Å². The van der Waals surface area contributed by atoms with Gasteiger partial charge in [0, 0.05) is 11.1 Å². The van der Waals surface area contributed by atoms with Crippen molar-refractivity contribution in [1.82, 2.24) is 14.9 Å². The number of nitrogens with zero attached hydrogens (tertiary/aromatic N) is 3. The van der Waals surface area contributed by atoms with Crippen molar-refractivity contribution in [1.29, 1.82) is 0 Å². The third kappa shape index (κ3) is 1.32. The molecule has 2 N–H and O–H groups in total. The largest absolute Gasteiger partial charge is 0.398 e. The fourth-order valence-corrected chi connectivity index (χ4v) is 2.03. The summed E-state index contributed by atoms with van der Waals surface area (Å²) in [4.78, 5) is 0. The maximum absolute atomic E-state index is 5.91. The third-order valence-electron chi connectivity index (χ3n) is 2.85. The Balaban J connectivity index is 2.36. The molecule has 0 bridgehead atoms. The van der Waals surface area contributed by atoms with E-state index in [1.165, 1.54) is 0 Å². The summed E-state index contributed by atoms with van der Waals surface area (Å²) in [6.07, 6.45) is 1.76. The van der Waals surface area contributed by atoms with Crippen molar-refractivity contribution in [2.24, 2.45) is 0 Å². The molecule has 0 amide bonds. The van der Waals surface area contributed by atoms with Gasteiger partial charge >= 0.3 is 0 Å². The number of fused-ring (bicyclic) bond motifs is 1. The summed E-state index contributed by atoms with van der Waals surface area (Å²) in [5.74, 6) is 0.745. The minimum Gasteiger partial charge on any atom is -0.398 e. The van der Waals surface area contributed by atoms with Crippen LogP contribution in [-0.4, -0.2) is 14.9 Å². The van der Waals surface area contributed by atoms with Gasteiger partial charge < -0.3 is 10.3 Å². The van der Waals surface area contributed by atoms with Crippen LogP contribution in [0.4, 0.5) is 5.69 Å². The van der Waals surface area contributed by atoms with Crippen LogP contribution in [0.25, 0.3) is 16.6 Å². The van der Waals surface area contributed by atoms with E-state index in [9.17, 15) is 0 Å². The first kappa shape index (κ1) is 9.89. The molecule has 0 saturated heterocycles. The zero-order valence-electron chi connectivity index (χ0n) is 9.64. The first-order valence-electron chi connectivity index (χ1n) is 5.34. The Hall–Kier alpha value is -2.30. The number of nitrogens with two attached hydrogens (primary N) is 1. The summed E-state index contributed by atoms with van der Waals surface area (Å²) in [6, 6.07) is 5.75. The molecule has 0 radical (unpaired) electrons. The third-order valence-corrected chi connectivity index (χ3v) is 2.85. The van der Waals surface area contributed by atoms with E-state index in [-0.39, 0.29) is 0 Å². The van der Waals surface area contributed by atoms with Crippen molar-refractivity contribution < 1.29 is 4.52 Å². The monoisotopic (exact) mass is 228 g/mol. The highest BCUT2D eigenvalue weighted by Crippen LogP contribution is 2.26. The predicted octanol–water partition coefficient (Wildman–Crippen LogP) is 2.21. The molecule has 1 aromatic carbocycles. The number of rotatable bonds is 1. The Morgan fingerprint density at radius 3 is 2.82 bits per heavy atom. The Morgan fingerprint density at radius 1 is 1.29 bits per heavy atom. The Morgan fingerprint density at radius 2 is 2.12 bits per heavy atom. The summed E-state index contributed by atoms with van der Waals surface area (Å²) >= 11 is 0. The van der Waals surface area contributed by atoms with Crippen molar-refractivity contribution >= 4 is 16.6 Å². The van der Waals surface area contributed by atoms with E-state index in [1.807, 2.05) is 36.7 Å². The van der Waals surface area contributed by atoms with Crippen molar-refractivity contribution in [2.75, 3.05) is 5.73 Å². The average Bonchev–Trinajstić information content (AvgIpc) is 2.84. The van der Waals surface area contributed by atoms with Crippen LogP contribution in [0.1, 0.15) is 11.5 Å². The second kappa shape index (κ2) is 3.35. The zero-order valence-corrected chi connectivity index (χ0v) is 9.64. The van der Waals surface area contributed by atoms with E-state index in [0.29, 0.717) is 0 Å². The molecule has 2 aromatic heterocycles. The Kier molecular flexibility index (Phi) is 1.95. The number of hydrogen-bond donors (Lipinski definition) is 1. The highest BCUT2D eigenvalue weighted by molar-refractivity contribution is 5.91. The molecule has 0 unspecified atom stereocenters. The standard InChI is InChI=1S/C12H12N4O/c1-7-12(8(2)17-15-7)16-11-5-3-4-10(13)9(11)6-14-16/h3-6H,13H2,1-2H3. The van der Waals surface area contributed by atoms with Gasteiger partial charge in [-0.2, -0.15) is 5.10 Å². The van der Waals surface area contributed by atoms with Crippen LogP contribution in [-0.2, 0) is 0 Å². The molecule has 3 rings (SSSR count). The molecule has 0 saturated carbocycles. The van der Waals surface area contributed by atoms with Crippen LogP contribution in [0.5, 0.6) is 0 Å². The molecule has 86 valence electrons. The van der Waals surface area contributed by atoms with Crippen LogP contribution in [0, 0.1) is 13.8 Å². The average molecular weight is 228 g/mol. The quantitative estimate of drug-likeness (QED) is 0.648. The van der Waals surface area contributed by atoms with Crippen LogP contribution < -0.4 is 5.73 Å². The van der Waals surface area contributed by atoms with Gasteiger partial charge in [-0.15, -0.1) is 0 Å². The van der Waals surface area contributed by atoms with Crippen LogP contribution in [0.2, 0.25) is 0 Å². The van der Waals surface area contributed by atoms with Gasteiger partial charge in [0.1, 0.15) is 11.4 Å². The van der Waals surface area contributed by atoms with Gasteiger partial charge in [-0.25, -0.2) is 4.68 Å². The number of aromatic nitrogens is 3. The first-order valence-corrected chi connectivity index (χ1v) is 5.34. The van der Waals surface area contributed by atoms with Crippen LogP contribution in [0.15, 0.2) is 28.9 Å². The lowest BCUT2D eigenvalue weighted by molar-refractivity contribution is 0.392. The molecular formula is C12H12N4O. The predicted molar refractivity (Wildman–Crippen MR) is 65.0 cm³/mol. The van der Waals surface area contributed by atoms with Crippen LogP contribution >= 0.6 is 0 Å². The molecule has 2 heterocycles. The lowest BCUT2D eigenvalue weighted by Gasteiger charge is -2.02. The number of benzene rings is 1. The molecule has 5 nitrogen and oxygen atoms in total. The topological polar surface area (TPSA) is 69.9 Å². The molecule has 0 fully saturated rings. The van der Waals surface area contributed by atoms with Gasteiger partial charge in [-0.3, -0.25) is 0 Å². The van der Waals surface area contributed by atoms with Crippen LogP contribution in [0.3, 0.4) is 0 Å². The van der Waals surface area contributed by atoms with Gasteiger partial charge in [-0.05, 0) is 26.0 Å². The van der Waals surface area contributed by atoms with E-state index in [1.54, 1.807) is 6.20 Å². The number of aryl methyl sites for hydroxylation is 2. The second-order valence-corrected chi connectivity index (χ2v) is 4.01. The molecule has 3 aromatic rings. The highest BCUT2D eigenvalue weighted by atomic mass is 16.5. The van der Waals surface area contributed by atoms with Gasteiger partial charge in [-0.1, -0.05) is 11.2 Å². The molecule has 17 heavy (non-hydrogen) atoms. The lowest BCUT2D eigenvalue weighted by Crippen LogP contribution is -1.98. The van der Waals surface area contributed by atoms with Crippen molar-refractivity contribution in [3.8, 4) is 5.69 Å². The Labute approximate surface area is 97.8 Å². The lowest BCUT2D eigenvalue weighted by atomic mass is 10.2. The summed E-state index contributed by atoms with van der Waals surface area (Å²) in [6.45, 7) is 3.76. The highest BCUT2D eigenvalue weighted by Gasteiger charge is 2.15. The van der Waals surface area contributed by atoms with E-state index in [2.05, 4.69) is 10.3 Å². The van der Waals surface area contributed by atoms with Gasteiger partial charge in [0.15, 0.2) is 5.76 Å². The first-order chi connectivity index (χ1) is 8.18. The fourth-order valence-electron chi connectivity index (χ4n) is 2.03. The fraction of sp³-hybridized carbons (Fsp3) is 0.167. The molecule has 0 spiro atoms. The van der Waals surface area contributed by atoms with Gasteiger partial charge in [0.25, 0.3) is 0 Å². The van der Waals surface area contributed by atoms with E-state index >= 15 is 0 Å². The number of hydrogen-bond acceptors (Lipinski definition) is 4. The van der Waals surface area contributed by atoms with E-state index in [4.69, 9.17) is 10.3 Å². The normalized spacial score (nSPS) is 11.2. The summed E-state index contributed by atoms with van der Waals surface area (Å²) < 4.78 is 6.97. The summed E-state index contributed by atoms with van der Waals surface area (Å²) in [7, 11) is 0. The molecule has 0 aliphatic heterocycles. The summed E-state index contributed by atoms with van der Waals surface area (Å²) in [5.41, 5.74) is 9.28. The smallest absolute Gasteiger partial charge is 0.159 e. The van der Waals surface area contributed by atoms with E-state index < -0.39 is 0 Å². The van der Waals surface area contributed by atoms with Gasteiger partial charge in [0.05, 0.1) is 11.7 Å².